The fourth-order valence-corrected chi connectivity index (χ4v) is 3.12. The minimum atomic E-state index is -0.116. The van der Waals surface area contributed by atoms with Gasteiger partial charge in [0.1, 0.15) is 0 Å². The van der Waals surface area contributed by atoms with Crippen LogP contribution in [0, 0.1) is 5.92 Å². The fourth-order valence-electron chi connectivity index (χ4n) is 2.93. The second kappa shape index (κ2) is 7.98. The molecule has 3 nitrogen and oxygen atoms in total. The number of hydrogen-bond acceptors (Lipinski definition) is 2. The zero-order valence-corrected chi connectivity index (χ0v) is 14.4. The number of rotatable bonds is 6. The molecule has 0 bridgehead atoms. The monoisotopic (exact) mass is 322 g/mol. The van der Waals surface area contributed by atoms with Crippen LogP contribution >= 0.6 is 11.6 Å². The molecule has 1 amide bonds. The molecule has 2 rings (SSSR count). The predicted octanol–water partition coefficient (Wildman–Crippen LogP) is 3.51. The van der Waals surface area contributed by atoms with E-state index in [0.29, 0.717) is 18.9 Å². The first kappa shape index (κ1) is 17.3. The largest absolute Gasteiger partial charge is 0.355 e. The number of halogens is 1. The Bertz CT molecular complexity index is 496. The van der Waals surface area contributed by atoms with E-state index in [-0.39, 0.29) is 11.3 Å². The van der Waals surface area contributed by atoms with Crippen molar-refractivity contribution in [3.8, 4) is 0 Å². The van der Waals surface area contributed by atoms with Gasteiger partial charge >= 0.3 is 0 Å². The summed E-state index contributed by atoms with van der Waals surface area (Å²) in [6.07, 6.45) is 4.03. The third kappa shape index (κ3) is 5.29. The third-order valence-electron chi connectivity index (χ3n) is 4.57. The van der Waals surface area contributed by atoms with E-state index in [9.17, 15) is 4.79 Å². The van der Waals surface area contributed by atoms with Gasteiger partial charge in [-0.05, 0) is 56.0 Å². The lowest BCUT2D eigenvalue weighted by molar-refractivity contribution is -0.121. The first-order chi connectivity index (χ1) is 10.5. The first-order valence-electron chi connectivity index (χ1n) is 8.21. The van der Waals surface area contributed by atoms with Gasteiger partial charge in [0.25, 0.3) is 0 Å². The SMILES string of the molecule is CC(C)(CNC(=O)CCC1CCNCC1)c1cccc(Cl)c1. The Labute approximate surface area is 138 Å². The number of nitrogens with one attached hydrogen (secondary N) is 2. The second-order valence-corrected chi connectivity index (χ2v) is 7.34. The summed E-state index contributed by atoms with van der Waals surface area (Å²) >= 11 is 6.06. The van der Waals surface area contributed by atoms with E-state index < -0.39 is 0 Å². The van der Waals surface area contributed by atoms with Gasteiger partial charge in [0.15, 0.2) is 0 Å². The quantitative estimate of drug-likeness (QED) is 0.841. The Morgan fingerprint density at radius 2 is 2.09 bits per heavy atom. The molecule has 0 aliphatic carbocycles. The number of amides is 1. The molecule has 1 saturated heterocycles. The molecule has 22 heavy (non-hydrogen) atoms. The second-order valence-electron chi connectivity index (χ2n) is 6.90. The summed E-state index contributed by atoms with van der Waals surface area (Å²) in [6.45, 7) is 7.08. The number of hydrogen-bond donors (Lipinski definition) is 2. The van der Waals surface area contributed by atoms with Crippen LogP contribution in [0.2, 0.25) is 5.02 Å². The molecule has 0 spiro atoms. The third-order valence-corrected chi connectivity index (χ3v) is 4.81. The molecule has 0 radical (unpaired) electrons. The maximum absolute atomic E-state index is 12.1. The van der Waals surface area contributed by atoms with Gasteiger partial charge in [-0.2, -0.15) is 0 Å². The lowest BCUT2D eigenvalue weighted by Crippen LogP contribution is -2.37. The van der Waals surface area contributed by atoms with Crippen LogP contribution in [-0.4, -0.2) is 25.5 Å². The van der Waals surface area contributed by atoms with E-state index in [4.69, 9.17) is 11.6 Å². The van der Waals surface area contributed by atoms with Crippen molar-refractivity contribution in [2.24, 2.45) is 5.92 Å². The summed E-state index contributed by atoms with van der Waals surface area (Å²) in [5, 5.41) is 7.18. The first-order valence-corrected chi connectivity index (χ1v) is 8.58. The molecular weight excluding hydrogens is 296 g/mol. The van der Waals surface area contributed by atoms with Crippen LogP contribution in [0.4, 0.5) is 0 Å². The van der Waals surface area contributed by atoms with E-state index in [2.05, 4.69) is 30.5 Å². The van der Waals surface area contributed by atoms with Crippen molar-refractivity contribution in [3.05, 3.63) is 34.9 Å². The van der Waals surface area contributed by atoms with E-state index in [1.54, 1.807) is 0 Å². The van der Waals surface area contributed by atoms with Gasteiger partial charge in [-0.1, -0.05) is 37.6 Å². The minimum Gasteiger partial charge on any atom is -0.355 e. The fraction of sp³-hybridized carbons (Fsp3) is 0.611. The van der Waals surface area contributed by atoms with Gasteiger partial charge in [-0.15, -0.1) is 0 Å². The average molecular weight is 323 g/mol. The Morgan fingerprint density at radius 3 is 2.77 bits per heavy atom. The predicted molar refractivity (Wildman–Crippen MR) is 92.3 cm³/mol. The van der Waals surface area contributed by atoms with Crippen molar-refractivity contribution in [1.82, 2.24) is 10.6 Å². The molecule has 1 aliphatic heterocycles. The van der Waals surface area contributed by atoms with E-state index in [1.807, 2.05) is 18.2 Å². The summed E-state index contributed by atoms with van der Waals surface area (Å²) in [5.74, 6) is 0.863. The minimum absolute atomic E-state index is 0.116. The van der Waals surface area contributed by atoms with Crippen molar-refractivity contribution in [3.63, 3.8) is 0 Å². The number of piperidine rings is 1. The summed E-state index contributed by atoms with van der Waals surface area (Å²) < 4.78 is 0. The van der Waals surface area contributed by atoms with Gasteiger partial charge in [-0.3, -0.25) is 4.79 Å². The highest BCUT2D eigenvalue weighted by atomic mass is 35.5. The van der Waals surface area contributed by atoms with Crippen molar-refractivity contribution >= 4 is 17.5 Å². The van der Waals surface area contributed by atoms with Crippen LogP contribution in [0.25, 0.3) is 0 Å². The molecule has 1 aromatic carbocycles. The maximum atomic E-state index is 12.1. The molecule has 0 saturated carbocycles. The lowest BCUT2D eigenvalue weighted by Gasteiger charge is -2.26. The smallest absolute Gasteiger partial charge is 0.220 e. The van der Waals surface area contributed by atoms with Crippen LogP contribution in [-0.2, 0) is 10.2 Å². The Kier molecular flexibility index (Phi) is 6.27. The molecule has 4 heteroatoms. The average Bonchev–Trinajstić information content (AvgIpc) is 2.52. The molecule has 122 valence electrons. The molecule has 1 aromatic rings. The summed E-state index contributed by atoms with van der Waals surface area (Å²) in [6, 6.07) is 7.87. The van der Waals surface area contributed by atoms with Crippen LogP contribution in [0.5, 0.6) is 0 Å². The molecule has 1 heterocycles. The van der Waals surface area contributed by atoms with Gasteiger partial charge in [-0.25, -0.2) is 0 Å². The normalized spacial score (nSPS) is 16.5. The van der Waals surface area contributed by atoms with E-state index >= 15 is 0 Å². The standard InChI is InChI=1S/C18H27ClN2O/c1-18(2,15-4-3-5-16(19)12-15)13-21-17(22)7-6-14-8-10-20-11-9-14/h3-5,12,14,20H,6-11,13H2,1-2H3,(H,21,22). The molecule has 0 atom stereocenters. The highest BCUT2D eigenvalue weighted by Crippen LogP contribution is 2.25. The van der Waals surface area contributed by atoms with Gasteiger partial charge in [0, 0.05) is 23.4 Å². The van der Waals surface area contributed by atoms with Gasteiger partial charge in [0.2, 0.25) is 5.91 Å². The van der Waals surface area contributed by atoms with Crippen LogP contribution in [0.15, 0.2) is 24.3 Å². The number of benzene rings is 1. The highest BCUT2D eigenvalue weighted by Gasteiger charge is 2.22. The van der Waals surface area contributed by atoms with Crippen LogP contribution in [0.3, 0.4) is 0 Å². The van der Waals surface area contributed by atoms with Crippen molar-refractivity contribution < 1.29 is 4.79 Å². The van der Waals surface area contributed by atoms with E-state index in [1.165, 1.54) is 12.8 Å². The van der Waals surface area contributed by atoms with Gasteiger partial charge < -0.3 is 10.6 Å². The molecule has 2 N–H and O–H groups in total. The topological polar surface area (TPSA) is 41.1 Å². The summed E-state index contributed by atoms with van der Waals surface area (Å²) in [5.41, 5.74) is 1.04. The highest BCUT2D eigenvalue weighted by molar-refractivity contribution is 6.30. The van der Waals surface area contributed by atoms with Crippen LogP contribution in [0.1, 0.15) is 45.1 Å². The summed E-state index contributed by atoms with van der Waals surface area (Å²) in [4.78, 5) is 12.1. The Hall–Kier alpha value is -1.06. The molecule has 0 unspecified atom stereocenters. The number of carbonyl (C=O) groups excluding carboxylic acids is 1. The summed E-state index contributed by atoms with van der Waals surface area (Å²) in [7, 11) is 0. The molecular formula is C18H27ClN2O. The van der Waals surface area contributed by atoms with Crippen molar-refractivity contribution in [2.75, 3.05) is 19.6 Å². The maximum Gasteiger partial charge on any atom is 0.220 e. The van der Waals surface area contributed by atoms with Crippen molar-refractivity contribution in [1.29, 1.82) is 0 Å². The molecule has 0 aromatic heterocycles. The van der Waals surface area contributed by atoms with E-state index in [0.717, 1.165) is 30.1 Å². The Balaban J connectivity index is 1.77. The number of carbonyl (C=O) groups is 1. The lowest BCUT2D eigenvalue weighted by atomic mass is 9.84. The zero-order chi connectivity index (χ0) is 16.0. The zero-order valence-electron chi connectivity index (χ0n) is 13.6. The van der Waals surface area contributed by atoms with Crippen LogP contribution < -0.4 is 10.6 Å². The Morgan fingerprint density at radius 1 is 1.36 bits per heavy atom. The molecule has 1 fully saturated rings. The van der Waals surface area contributed by atoms with Gasteiger partial charge in [0.05, 0.1) is 0 Å². The van der Waals surface area contributed by atoms with Crippen molar-refractivity contribution in [2.45, 2.75) is 44.9 Å². The molecule has 1 aliphatic rings.